The van der Waals surface area contributed by atoms with Gasteiger partial charge >= 0.3 is 0 Å². The molecule has 0 fully saturated rings. The van der Waals surface area contributed by atoms with Crippen LogP contribution in [0.3, 0.4) is 0 Å². The van der Waals surface area contributed by atoms with Crippen LogP contribution in [-0.2, 0) is 0 Å². The first-order valence-corrected chi connectivity index (χ1v) is 12.8. The Kier molecular flexibility index (Phi) is 5.86. The number of hydrogen-bond donors (Lipinski definition) is 0. The molecule has 0 radical (unpaired) electrons. The zero-order valence-electron chi connectivity index (χ0n) is 20.3. The van der Waals surface area contributed by atoms with Crippen LogP contribution in [0.25, 0.3) is 39.4 Å². The van der Waals surface area contributed by atoms with Gasteiger partial charge in [0.2, 0.25) is 4.96 Å². The Morgan fingerprint density at radius 3 is 2.41 bits per heavy atom. The Balaban J connectivity index is 1.48. The summed E-state index contributed by atoms with van der Waals surface area (Å²) in [4.78, 5) is 18.4. The lowest BCUT2D eigenvalue weighted by atomic mass is 10.0. The Labute approximate surface area is 216 Å². The van der Waals surface area contributed by atoms with Crippen molar-refractivity contribution in [2.45, 2.75) is 13.8 Å². The minimum absolute atomic E-state index is 0.198. The fourth-order valence-electron chi connectivity index (χ4n) is 4.23. The molecule has 0 unspecified atom stereocenters. The van der Waals surface area contributed by atoms with E-state index >= 15 is 0 Å². The van der Waals surface area contributed by atoms with Crippen LogP contribution in [0, 0.1) is 6.92 Å². The third-order valence-electron chi connectivity index (χ3n) is 6.01. The summed E-state index contributed by atoms with van der Waals surface area (Å²) in [7, 11) is 0. The number of aryl methyl sites for hydroxylation is 1. The van der Waals surface area contributed by atoms with Gasteiger partial charge in [-0.05, 0) is 55.8 Å². The van der Waals surface area contributed by atoms with E-state index in [2.05, 4.69) is 16.1 Å². The summed E-state index contributed by atoms with van der Waals surface area (Å²) in [6.07, 6.45) is 3.82. The second kappa shape index (κ2) is 9.48. The molecule has 0 saturated carbocycles. The topological polar surface area (TPSA) is 74.3 Å². The Morgan fingerprint density at radius 1 is 0.946 bits per heavy atom. The molecule has 0 atom stereocenters. The van der Waals surface area contributed by atoms with Gasteiger partial charge in [0, 0.05) is 22.9 Å². The van der Waals surface area contributed by atoms with Crippen LogP contribution in [0.4, 0.5) is 0 Å². The summed E-state index contributed by atoms with van der Waals surface area (Å²) < 4.78 is 9.48. The summed E-state index contributed by atoms with van der Waals surface area (Å²) in [6, 6.07) is 25.6. The number of aromatic nitrogens is 5. The smallest absolute Gasteiger partial charge is 0.291 e. The maximum absolute atomic E-state index is 13.3. The highest BCUT2D eigenvalue weighted by atomic mass is 32.1. The molecule has 37 heavy (non-hydrogen) atoms. The first-order chi connectivity index (χ1) is 18.1. The van der Waals surface area contributed by atoms with Gasteiger partial charge in [-0.15, -0.1) is 5.10 Å². The van der Waals surface area contributed by atoms with Gasteiger partial charge in [-0.25, -0.2) is 4.68 Å². The molecular weight excluding hydrogens is 482 g/mol. The normalized spacial score (nSPS) is 11.9. The molecule has 0 saturated heterocycles. The molecule has 3 aromatic carbocycles. The monoisotopic (exact) mass is 505 g/mol. The molecule has 0 aliphatic rings. The number of ether oxygens (including phenoxy) is 1. The zero-order valence-corrected chi connectivity index (χ0v) is 21.1. The molecular formula is C29H23N5O2S. The Morgan fingerprint density at radius 2 is 1.70 bits per heavy atom. The summed E-state index contributed by atoms with van der Waals surface area (Å²) in [5.41, 5.74) is 5.19. The van der Waals surface area contributed by atoms with Crippen LogP contribution in [0.1, 0.15) is 18.1 Å². The van der Waals surface area contributed by atoms with E-state index in [1.165, 1.54) is 15.9 Å². The SMILES string of the molecule is CCOc1ccc(-c2nn(-c3ccccc3)cc2/C=c2\sc3nc(-c4ccccc4)nn3c2=O)cc1C. The largest absolute Gasteiger partial charge is 0.494 e. The standard InChI is InChI=1S/C29H23N5O2S/c1-3-36-24-15-14-21(16-19(24)2)26-22(18-33(31-26)23-12-8-5-9-13-23)17-25-28(35)34-29(37-25)30-27(32-34)20-10-6-4-7-11-20/h4-18H,3H2,1-2H3/b25-17-. The number of thiazole rings is 1. The predicted octanol–water partition coefficient (Wildman–Crippen LogP) is 4.93. The molecule has 6 aromatic rings. The Bertz CT molecular complexity index is 1820. The summed E-state index contributed by atoms with van der Waals surface area (Å²) in [5, 5.41) is 9.36. The van der Waals surface area contributed by atoms with Gasteiger partial charge in [0.1, 0.15) is 11.4 Å². The number of rotatable bonds is 6. The molecule has 0 aliphatic carbocycles. The van der Waals surface area contributed by atoms with Crippen molar-refractivity contribution in [3.8, 4) is 34.1 Å². The van der Waals surface area contributed by atoms with E-state index in [0.29, 0.717) is 21.9 Å². The van der Waals surface area contributed by atoms with Crippen LogP contribution in [-0.4, -0.2) is 31.0 Å². The van der Waals surface area contributed by atoms with Crippen LogP contribution in [0.15, 0.2) is 89.9 Å². The molecule has 0 bridgehead atoms. The molecule has 8 heteroatoms. The highest BCUT2D eigenvalue weighted by Gasteiger charge is 2.15. The van der Waals surface area contributed by atoms with Gasteiger partial charge in [-0.3, -0.25) is 4.79 Å². The molecule has 3 aromatic heterocycles. The lowest BCUT2D eigenvalue weighted by Gasteiger charge is -2.08. The minimum atomic E-state index is -0.198. The highest BCUT2D eigenvalue weighted by molar-refractivity contribution is 7.15. The second-order valence-corrected chi connectivity index (χ2v) is 9.55. The third kappa shape index (κ3) is 4.32. The molecule has 3 heterocycles. The number of nitrogens with zero attached hydrogens (tertiary/aromatic N) is 5. The number of benzene rings is 3. The zero-order chi connectivity index (χ0) is 25.4. The lowest BCUT2D eigenvalue weighted by Crippen LogP contribution is -2.23. The average Bonchev–Trinajstić information content (AvgIpc) is 3.62. The maximum Gasteiger partial charge on any atom is 0.291 e. The van der Waals surface area contributed by atoms with Crippen molar-refractivity contribution in [2.24, 2.45) is 0 Å². The summed E-state index contributed by atoms with van der Waals surface area (Å²) in [6.45, 7) is 4.60. The van der Waals surface area contributed by atoms with Gasteiger partial charge in [0.05, 0.1) is 16.8 Å². The van der Waals surface area contributed by atoms with Crippen molar-refractivity contribution in [3.05, 3.63) is 111 Å². The minimum Gasteiger partial charge on any atom is -0.494 e. The first-order valence-electron chi connectivity index (χ1n) is 12.0. The number of para-hydroxylation sites is 1. The fraction of sp³-hybridized carbons (Fsp3) is 0.103. The average molecular weight is 506 g/mol. The van der Waals surface area contributed by atoms with E-state index in [1.807, 2.05) is 104 Å². The van der Waals surface area contributed by atoms with Crippen LogP contribution >= 0.6 is 11.3 Å². The van der Waals surface area contributed by atoms with Crippen molar-refractivity contribution < 1.29 is 4.74 Å². The third-order valence-corrected chi connectivity index (χ3v) is 6.97. The van der Waals surface area contributed by atoms with Crippen molar-refractivity contribution in [1.82, 2.24) is 24.4 Å². The predicted molar refractivity (Wildman–Crippen MR) is 146 cm³/mol. The first kappa shape index (κ1) is 22.9. The van der Waals surface area contributed by atoms with E-state index in [9.17, 15) is 4.79 Å². The van der Waals surface area contributed by atoms with E-state index in [-0.39, 0.29) is 5.56 Å². The van der Waals surface area contributed by atoms with Crippen molar-refractivity contribution in [2.75, 3.05) is 6.61 Å². The van der Waals surface area contributed by atoms with Gasteiger partial charge in [-0.2, -0.15) is 14.6 Å². The number of fused-ring (bicyclic) bond motifs is 1. The quantitative estimate of drug-likeness (QED) is 0.321. The molecule has 0 aliphatic heterocycles. The molecule has 0 amide bonds. The van der Waals surface area contributed by atoms with Crippen molar-refractivity contribution >= 4 is 22.4 Å². The molecule has 7 nitrogen and oxygen atoms in total. The van der Waals surface area contributed by atoms with Crippen LogP contribution in [0.5, 0.6) is 5.75 Å². The molecule has 6 rings (SSSR count). The van der Waals surface area contributed by atoms with Gasteiger partial charge in [0.25, 0.3) is 5.56 Å². The molecule has 182 valence electrons. The van der Waals surface area contributed by atoms with Gasteiger partial charge in [-0.1, -0.05) is 59.9 Å². The van der Waals surface area contributed by atoms with Crippen molar-refractivity contribution in [1.29, 1.82) is 0 Å². The summed E-state index contributed by atoms with van der Waals surface area (Å²) in [5.74, 6) is 1.39. The van der Waals surface area contributed by atoms with E-state index in [1.54, 1.807) is 0 Å². The second-order valence-electron chi connectivity index (χ2n) is 8.54. The Hall–Kier alpha value is -4.56. The van der Waals surface area contributed by atoms with E-state index < -0.39 is 0 Å². The van der Waals surface area contributed by atoms with Crippen LogP contribution < -0.4 is 14.8 Å². The van der Waals surface area contributed by atoms with E-state index in [0.717, 1.165) is 39.4 Å². The van der Waals surface area contributed by atoms with E-state index in [4.69, 9.17) is 9.84 Å². The van der Waals surface area contributed by atoms with Gasteiger partial charge < -0.3 is 4.74 Å². The highest BCUT2D eigenvalue weighted by Crippen LogP contribution is 2.29. The van der Waals surface area contributed by atoms with Gasteiger partial charge in [0.15, 0.2) is 5.82 Å². The summed E-state index contributed by atoms with van der Waals surface area (Å²) >= 11 is 1.32. The molecule has 0 N–H and O–H groups in total. The maximum atomic E-state index is 13.3. The lowest BCUT2D eigenvalue weighted by molar-refractivity contribution is 0.338. The van der Waals surface area contributed by atoms with Crippen LogP contribution in [0.2, 0.25) is 0 Å². The molecule has 0 spiro atoms. The number of hydrogen-bond acceptors (Lipinski definition) is 6. The van der Waals surface area contributed by atoms with Crippen molar-refractivity contribution in [3.63, 3.8) is 0 Å². The fourth-order valence-corrected chi connectivity index (χ4v) is 5.13.